The van der Waals surface area contributed by atoms with E-state index in [0.717, 1.165) is 51.9 Å². The fourth-order valence-electron chi connectivity index (χ4n) is 14.1. The first-order valence-electron chi connectivity index (χ1n) is 19.2. The molecule has 0 amide bonds. The summed E-state index contributed by atoms with van der Waals surface area (Å²) in [7, 11) is 0. The molecule has 7 aliphatic rings. The predicted octanol–water partition coefficient (Wildman–Crippen LogP) is 5.96. The van der Waals surface area contributed by atoms with E-state index in [1.54, 1.807) is 13.8 Å². The van der Waals surface area contributed by atoms with E-state index in [0.29, 0.717) is 23.7 Å². The smallest absolute Gasteiger partial charge is 0.303 e. The van der Waals surface area contributed by atoms with E-state index < -0.39 is 29.9 Å². The van der Waals surface area contributed by atoms with Gasteiger partial charge in [-0.1, -0.05) is 41.5 Å². The minimum absolute atomic E-state index is 0.0435. The van der Waals surface area contributed by atoms with Crippen LogP contribution in [-0.2, 0) is 23.7 Å². The first-order valence-corrected chi connectivity index (χ1v) is 19.2. The summed E-state index contributed by atoms with van der Waals surface area (Å²) in [5.74, 6) is 1.16. The molecular weight excluding hydrogens is 594 g/mol. The highest BCUT2D eigenvalue weighted by atomic mass is 16.7. The second-order valence-corrected chi connectivity index (χ2v) is 19.0. The Labute approximate surface area is 284 Å². The predicted molar refractivity (Wildman–Crippen MR) is 179 cm³/mol. The van der Waals surface area contributed by atoms with Crippen LogP contribution in [-0.4, -0.2) is 89.7 Å². The standard InChI is InChI=1S/C39H65NO7/c1-10-17-40-18-19-44-29(21-40)47-28-13-14-38-22-39(38)16-15-36(8)30-23(2)20-25(33(35(6,7)43)45-24(3)41)46-31(30)32(42)37(36,9)27(39)12-11-26(38)34(28,4)5/h23,25-33,42-43H,10-22H2,1-9H3/t23-,25-,26+,27+,28+,29+,30+,31+,32+,33+,36-,37-,38-,39+/m1/s1. The molecule has 0 radical (unpaired) electrons. The number of hydrogen-bond acceptors (Lipinski definition) is 8. The maximum atomic E-state index is 12.6. The van der Waals surface area contributed by atoms with Gasteiger partial charge in [0.15, 0.2) is 12.4 Å². The van der Waals surface area contributed by atoms with Crippen molar-refractivity contribution in [3.8, 4) is 0 Å². The molecule has 14 atom stereocenters. The SMILES string of the molecule is CCCN1CCO[C@@H](O[C@H]2CC[C@]34C[C@]35CC[C@]3(C)[C@@H]6[C@H](O[C@@H]([C@H](OC(C)=O)C(C)(C)O)C[C@H]6C)[C@H](O)[C@@]3(C)[C@@H]5CC[C@H]4C2(C)C)C1. The molecule has 0 aromatic rings. The Bertz CT molecular complexity index is 1220. The van der Waals surface area contributed by atoms with Crippen molar-refractivity contribution in [2.45, 2.75) is 163 Å². The Balaban J connectivity index is 1.13. The first kappa shape index (κ1) is 34.7. The van der Waals surface area contributed by atoms with Crippen molar-refractivity contribution in [1.29, 1.82) is 0 Å². The van der Waals surface area contributed by atoms with E-state index in [1.165, 1.54) is 32.6 Å². The molecule has 0 aromatic heterocycles. The van der Waals surface area contributed by atoms with Gasteiger partial charge in [-0.25, -0.2) is 0 Å². The molecule has 2 heterocycles. The lowest BCUT2D eigenvalue weighted by Gasteiger charge is -2.64. The van der Waals surface area contributed by atoms with Crippen LogP contribution >= 0.6 is 0 Å². The molecule has 5 aliphatic carbocycles. The number of nitrogens with zero attached hydrogens (tertiary/aromatic N) is 1. The number of esters is 1. The number of hydrogen-bond donors (Lipinski definition) is 2. The van der Waals surface area contributed by atoms with Crippen molar-refractivity contribution >= 4 is 5.97 Å². The Kier molecular flexibility index (Phi) is 8.38. The number of fused-ring (bicyclic) bond motifs is 4. The number of ether oxygens (including phenoxy) is 4. The minimum Gasteiger partial charge on any atom is -0.457 e. The Morgan fingerprint density at radius 1 is 1.06 bits per heavy atom. The summed E-state index contributed by atoms with van der Waals surface area (Å²) in [5, 5.41) is 23.6. The molecule has 0 bridgehead atoms. The molecule has 8 nitrogen and oxygen atoms in total. The van der Waals surface area contributed by atoms with Gasteiger partial charge in [0.1, 0.15) is 0 Å². The Hall–Kier alpha value is -0.770. The molecule has 2 spiro atoms. The molecule has 7 rings (SSSR count). The van der Waals surface area contributed by atoms with Crippen LogP contribution in [0.5, 0.6) is 0 Å². The molecule has 2 saturated heterocycles. The second kappa shape index (κ2) is 11.4. The van der Waals surface area contributed by atoms with Gasteiger partial charge in [-0.3, -0.25) is 9.69 Å². The third-order valence-corrected chi connectivity index (χ3v) is 16.1. The van der Waals surface area contributed by atoms with E-state index in [4.69, 9.17) is 18.9 Å². The summed E-state index contributed by atoms with van der Waals surface area (Å²) < 4.78 is 25.6. The summed E-state index contributed by atoms with van der Waals surface area (Å²) in [6.45, 7) is 22.9. The topological polar surface area (TPSA) is 97.7 Å². The van der Waals surface area contributed by atoms with Crippen molar-refractivity contribution in [1.82, 2.24) is 4.90 Å². The lowest BCUT2D eigenvalue weighted by molar-refractivity contribution is -0.248. The number of aliphatic hydroxyl groups is 2. The number of rotatable bonds is 7. The van der Waals surface area contributed by atoms with Crippen LogP contribution in [0, 0.1) is 50.7 Å². The molecule has 268 valence electrons. The van der Waals surface area contributed by atoms with Crippen LogP contribution < -0.4 is 0 Å². The van der Waals surface area contributed by atoms with E-state index in [1.807, 2.05) is 0 Å². The van der Waals surface area contributed by atoms with Crippen molar-refractivity contribution in [3.05, 3.63) is 0 Å². The lowest BCUT2D eigenvalue weighted by atomic mass is 9.41. The molecule has 0 unspecified atom stereocenters. The van der Waals surface area contributed by atoms with Crippen molar-refractivity contribution in [2.75, 3.05) is 26.2 Å². The van der Waals surface area contributed by atoms with Gasteiger partial charge in [0.05, 0.1) is 36.6 Å². The summed E-state index contributed by atoms with van der Waals surface area (Å²) >= 11 is 0. The minimum atomic E-state index is -1.25. The Morgan fingerprint density at radius 3 is 2.45 bits per heavy atom. The van der Waals surface area contributed by atoms with Crippen molar-refractivity contribution in [2.24, 2.45) is 50.7 Å². The van der Waals surface area contributed by atoms with Crippen LogP contribution in [0.3, 0.4) is 0 Å². The quantitative estimate of drug-likeness (QED) is 0.324. The molecule has 47 heavy (non-hydrogen) atoms. The fourth-order valence-corrected chi connectivity index (χ4v) is 14.1. The highest BCUT2D eigenvalue weighted by molar-refractivity contribution is 5.66. The zero-order valence-corrected chi connectivity index (χ0v) is 30.8. The largest absolute Gasteiger partial charge is 0.457 e. The zero-order chi connectivity index (χ0) is 33.9. The van der Waals surface area contributed by atoms with Gasteiger partial charge in [-0.05, 0) is 124 Å². The average Bonchev–Trinajstić information content (AvgIpc) is 3.62. The molecule has 7 fully saturated rings. The lowest BCUT2D eigenvalue weighted by Crippen LogP contribution is -2.60. The van der Waals surface area contributed by atoms with E-state index >= 15 is 0 Å². The van der Waals surface area contributed by atoms with Gasteiger partial charge < -0.3 is 29.2 Å². The highest BCUT2D eigenvalue weighted by Crippen LogP contribution is 2.89. The van der Waals surface area contributed by atoms with Crippen LogP contribution in [0.4, 0.5) is 0 Å². The van der Waals surface area contributed by atoms with Crippen LogP contribution in [0.15, 0.2) is 0 Å². The fraction of sp³-hybridized carbons (Fsp3) is 0.974. The highest BCUT2D eigenvalue weighted by Gasteiger charge is 2.84. The van der Waals surface area contributed by atoms with Crippen molar-refractivity contribution < 1.29 is 34.0 Å². The molecule has 0 aromatic carbocycles. The number of aliphatic hydroxyl groups excluding tert-OH is 1. The third-order valence-electron chi connectivity index (χ3n) is 16.1. The number of carbonyl (C=O) groups excluding carboxylic acids is 1. The summed E-state index contributed by atoms with van der Waals surface area (Å²) in [5.41, 5.74) is -0.882. The maximum Gasteiger partial charge on any atom is 0.303 e. The first-order chi connectivity index (χ1) is 22.0. The van der Waals surface area contributed by atoms with Crippen LogP contribution in [0.25, 0.3) is 0 Å². The molecule has 8 heteroatoms. The van der Waals surface area contributed by atoms with E-state index in [-0.39, 0.29) is 52.0 Å². The normalized spacial score (nSPS) is 51.1. The number of carbonyl (C=O) groups is 1. The molecule has 2 N–H and O–H groups in total. The zero-order valence-electron chi connectivity index (χ0n) is 30.8. The third kappa shape index (κ3) is 4.83. The Morgan fingerprint density at radius 2 is 1.77 bits per heavy atom. The molecular formula is C39H65NO7. The van der Waals surface area contributed by atoms with Crippen LogP contribution in [0.2, 0.25) is 0 Å². The van der Waals surface area contributed by atoms with Gasteiger partial charge in [-0.2, -0.15) is 0 Å². The average molecular weight is 660 g/mol. The van der Waals surface area contributed by atoms with Gasteiger partial charge in [-0.15, -0.1) is 0 Å². The van der Waals surface area contributed by atoms with Crippen molar-refractivity contribution in [3.63, 3.8) is 0 Å². The summed E-state index contributed by atoms with van der Waals surface area (Å²) in [6.07, 6.45) is 8.07. The van der Waals surface area contributed by atoms with Gasteiger partial charge in [0.2, 0.25) is 0 Å². The maximum absolute atomic E-state index is 12.6. The summed E-state index contributed by atoms with van der Waals surface area (Å²) in [4.78, 5) is 14.6. The van der Waals surface area contributed by atoms with Crippen LogP contribution in [0.1, 0.15) is 120 Å². The summed E-state index contributed by atoms with van der Waals surface area (Å²) in [6, 6.07) is 0. The van der Waals surface area contributed by atoms with E-state index in [2.05, 4.69) is 46.4 Å². The van der Waals surface area contributed by atoms with Gasteiger partial charge in [0.25, 0.3) is 0 Å². The second-order valence-electron chi connectivity index (χ2n) is 19.0. The van der Waals surface area contributed by atoms with Gasteiger partial charge in [0, 0.05) is 25.4 Å². The molecule has 2 aliphatic heterocycles. The van der Waals surface area contributed by atoms with E-state index in [9.17, 15) is 15.0 Å². The molecule has 5 saturated carbocycles. The number of morpholine rings is 1. The monoisotopic (exact) mass is 659 g/mol. The van der Waals surface area contributed by atoms with Gasteiger partial charge >= 0.3 is 5.97 Å².